The predicted octanol–water partition coefficient (Wildman–Crippen LogP) is 7.25. The highest BCUT2D eigenvalue weighted by Gasteiger charge is 2.31. The third-order valence-electron chi connectivity index (χ3n) is 7.94. The van der Waals surface area contributed by atoms with Crippen molar-refractivity contribution in [2.24, 2.45) is 0 Å². The van der Waals surface area contributed by atoms with Crippen molar-refractivity contribution in [2.75, 3.05) is 35.0 Å². The van der Waals surface area contributed by atoms with Crippen molar-refractivity contribution in [3.8, 4) is 56.9 Å². The van der Waals surface area contributed by atoms with Gasteiger partial charge in [0.05, 0.1) is 46.8 Å². The average molecular weight is 600 g/mol. The standard InChI is InChI=1S/C35H37NO8/c1-8-13-42-29-15-21(9-10-24(29)38-4)31-32-23-17-28(41-7)30(43-19(2)3)18-25(23)44-35(37)34(32)36-12-11-20-14-26(39-5)27(40-6)16-22(20)33(31)36/h9-10,14-19H,8,11-13H2,1-7H3. The molecule has 5 aromatic rings. The van der Waals surface area contributed by atoms with Crippen LogP contribution in [0.2, 0.25) is 0 Å². The summed E-state index contributed by atoms with van der Waals surface area (Å²) < 4.78 is 42.9. The first kappa shape index (κ1) is 29.3. The van der Waals surface area contributed by atoms with Crippen LogP contribution in [0.3, 0.4) is 0 Å². The number of ether oxygens (including phenoxy) is 6. The Morgan fingerprint density at radius 1 is 0.841 bits per heavy atom. The number of nitrogens with zero attached hydrogens (tertiary/aromatic N) is 1. The van der Waals surface area contributed by atoms with E-state index in [4.69, 9.17) is 32.8 Å². The first-order chi connectivity index (χ1) is 21.3. The smallest absolute Gasteiger partial charge is 0.361 e. The van der Waals surface area contributed by atoms with E-state index in [0.717, 1.165) is 45.1 Å². The van der Waals surface area contributed by atoms with Crippen LogP contribution in [0.25, 0.3) is 44.3 Å². The molecule has 0 radical (unpaired) electrons. The molecule has 0 bridgehead atoms. The first-order valence-electron chi connectivity index (χ1n) is 14.8. The summed E-state index contributed by atoms with van der Waals surface area (Å²) in [6, 6.07) is 13.5. The van der Waals surface area contributed by atoms with Gasteiger partial charge < -0.3 is 37.4 Å². The number of rotatable bonds is 10. The second-order valence-corrected chi connectivity index (χ2v) is 11.0. The Morgan fingerprint density at radius 2 is 1.55 bits per heavy atom. The summed E-state index contributed by atoms with van der Waals surface area (Å²) in [4.78, 5) is 13.9. The molecule has 0 saturated carbocycles. The molecule has 9 nitrogen and oxygen atoms in total. The molecule has 0 atom stereocenters. The lowest BCUT2D eigenvalue weighted by Gasteiger charge is -2.23. The van der Waals surface area contributed by atoms with Crippen LogP contribution in [0.5, 0.6) is 34.5 Å². The Bertz CT molecular complexity index is 1930. The Kier molecular flexibility index (Phi) is 7.80. The molecule has 44 heavy (non-hydrogen) atoms. The molecule has 0 amide bonds. The second-order valence-electron chi connectivity index (χ2n) is 11.0. The van der Waals surface area contributed by atoms with Gasteiger partial charge in [-0.15, -0.1) is 0 Å². The lowest BCUT2D eigenvalue weighted by Crippen LogP contribution is -2.15. The summed E-state index contributed by atoms with van der Waals surface area (Å²) >= 11 is 0. The molecule has 0 aliphatic carbocycles. The van der Waals surface area contributed by atoms with E-state index in [1.807, 2.05) is 50.2 Å². The Hall–Kier alpha value is -4.79. The van der Waals surface area contributed by atoms with Crippen LogP contribution >= 0.6 is 0 Å². The molecule has 1 aliphatic rings. The lowest BCUT2D eigenvalue weighted by molar-refractivity contribution is 0.230. The number of methoxy groups -OCH3 is 4. The van der Waals surface area contributed by atoms with Crippen LogP contribution in [0.15, 0.2) is 51.7 Å². The molecule has 0 unspecified atom stereocenters. The molecule has 3 heterocycles. The van der Waals surface area contributed by atoms with Gasteiger partial charge in [-0.1, -0.05) is 13.0 Å². The highest BCUT2D eigenvalue weighted by molar-refractivity contribution is 6.17. The second kappa shape index (κ2) is 11.7. The fraction of sp³-hybridized carbons (Fsp3) is 0.343. The highest BCUT2D eigenvalue weighted by atomic mass is 16.5. The topological polar surface area (TPSA) is 90.5 Å². The van der Waals surface area contributed by atoms with Crippen LogP contribution in [-0.2, 0) is 13.0 Å². The molecule has 0 fully saturated rings. The maximum absolute atomic E-state index is 13.9. The summed E-state index contributed by atoms with van der Waals surface area (Å²) in [6.07, 6.45) is 1.44. The largest absolute Gasteiger partial charge is 0.493 e. The average Bonchev–Trinajstić information content (AvgIpc) is 3.39. The molecular weight excluding hydrogens is 562 g/mol. The SMILES string of the molecule is CCCOc1cc(-c2c3n(c4c(=O)oc5cc(OC(C)C)c(OC)cc5c24)CCc2cc(OC)c(OC)cc2-3)ccc1OC. The van der Waals surface area contributed by atoms with E-state index in [1.165, 1.54) is 0 Å². The predicted molar refractivity (Wildman–Crippen MR) is 170 cm³/mol. The number of aromatic nitrogens is 1. The minimum absolute atomic E-state index is 0.0986. The van der Waals surface area contributed by atoms with E-state index in [-0.39, 0.29) is 6.10 Å². The van der Waals surface area contributed by atoms with Gasteiger partial charge in [-0.2, -0.15) is 0 Å². The summed E-state index contributed by atoms with van der Waals surface area (Å²) in [5.41, 5.74) is 5.12. The molecule has 0 N–H and O–H groups in total. The molecule has 0 saturated heterocycles. The highest BCUT2D eigenvalue weighted by Crippen LogP contribution is 2.50. The fourth-order valence-corrected chi connectivity index (χ4v) is 6.09. The Labute approximate surface area is 255 Å². The van der Waals surface area contributed by atoms with E-state index in [1.54, 1.807) is 34.5 Å². The van der Waals surface area contributed by atoms with E-state index in [0.29, 0.717) is 65.2 Å². The molecular formula is C35H37NO8. The molecule has 230 valence electrons. The maximum atomic E-state index is 13.9. The Morgan fingerprint density at radius 3 is 2.23 bits per heavy atom. The molecule has 6 rings (SSSR count). The van der Waals surface area contributed by atoms with Gasteiger partial charge in [0.2, 0.25) is 0 Å². The number of fused-ring (bicyclic) bond motifs is 7. The van der Waals surface area contributed by atoms with Crippen LogP contribution in [0.1, 0.15) is 32.8 Å². The quantitative estimate of drug-likeness (QED) is 0.155. The third kappa shape index (κ3) is 4.76. The van der Waals surface area contributed by atoms with Gasteiger partial charge in [-0.25, -0.2) is 4.79 Å². The number of aryl methyl sites for hydroxylation is 2. The first-order valence-corrected chi connectivity index (χ1v) is 14.8. The number of hydrogen-bond donors (Lipinski definition) is 0. The normalized spacial score (nSPS) is 12.3. The van der Waals surface area contributed by atoms with Crippen molar-refractivity contribution in [2.45, 2.75) is 46.3 Å². The summed E-state index contributed by atoms with van der Waals surface area (Å²) in [5, 5.41) is 1.49. The van der Waals surface area contributed by atoms with Crippen molar-refractivity contribution >= 4 is 21.9 Å². The van der Waals surface area contributed by atoms with E-state index >= 15 is 0 Å². The van der Waals surface area contributed by atoms with Crippen LogP contribution in [0, 0.1) is 0 Å². The monoisotopic (exact) mass is 599 g/mol. The molecule has 1 aliphatic heterocycles. The summed E-state index contributed by atoms with van der Waals surface area (Å²) in [5.74, 6) is 3.57. The minimum atomic E-state index is -0.430. The van der Waals surface area contributed by atoms with Crippen LogP contribution in [-0.4, -0.2) is 45.7 Å². The van der Waals surface area contributed by atoms with Gasteiger partial charge >= 0.3 is 5.63 Å². The van der Waals surface area contributed by atoms with Crippen molar-refractivity contribution < 1.29 is 32.8 Å². The Balaban J connectivity index is 1.77. The lowest BCUT2D eigenvalue weighted by atomic mass is 9.91. The van der Waals surface area contributed by atoms with Gasteiger partial charge in [0.1, 0.15) is 11.1 Å². The van der Waals surface area contributed by atoms with Crippen molar-refractivity contribution in [3.05, 3.63) is 58.4 Å². The minimum Gasteiger partial charge on any atom is -0.493 e. The fourth-order valence-electron chi connectivity index (χ4n) is 6.09. The van der Waals surface area contributed by atoms with Crippen molar-refractivity contribution in [1.29, 1.82) is 0 Å². The maximum Gasteiger partial charge on any atom is 0.361 e. The molecule has 2 aromatic heterocycles. The van der Waals surface area contributed by atoms with Crippen molar-refractivity contribution in [3.63, 3.8) is 0 Å². The molecule has 3 aromatic carbocycles. The van der Waals surface area contributed by atoms with Crippen LogP contribution < -0.4 is 34.0 Å². The van der Waals surface area contributed by atoms with Crippen molar-refractivity contribution in [1.82, 2.24) is 4.57 Å². The van der Waals surface area contributed by atoms with E-state index < -0.39 is 5.63 Å². The summed E-state index contributed by atoms with van der Waals surface area (Å²) in [7, 11) is 6.48. The van der Waals surface area contributed by atoms with Gasteiger partial charge in [-0.3, -0.25) is 0 Å². The van der Waals surface area contributed by atoms with Crippen LogP contribution in [0.4, 0.5) is 0 Å². The molecule has 9 heteroatoms. The zero-order chi connectivity index (χ0) is 31.1. The molecule has 0 spiro atoms. The third-order valence-corrected chi connectivity index (χ3v) is 7.94. The summed E-state index contributed by atoms with van der Waals surface area (Å²) in [6.45, 7) is 7.04. The van der Waals surface area contributed by atoms with Gasteiger partial charge in [-0.05, 0) is 68.1 Å². The zero-order valence-corrected chi connectivity index (χ0v) is 26.2. The van der Waals surface area contributed by atoms with Gasteiger partial charge in [0.25, 0.3) is 0 Å². The zero-order valence-electron chi connectivity index (χ0n) is 26.2. The van der Waals surface area contributed by atoms with Gasteiger partial charge in [0, 0.05) is 34.5 Å². The van der Waals surface area contributed by atoms with Gasteiger partial charge in [0.15, 0.2) is 34.5 Å². The van der Waals surface area contributed by atoms with E-state index in [2.05, 4.69) is 11.5 Å². The number of benzene rings is 3. The number of hydrogen-bond acceptors (Lipinski definition) is 8. The van der Waals surface area contributed by atoms with E-state index in [9.17, 15) is 4.79 Å².